The van der Waals surface area contributed by atoms with Crippen molar-refractivity contribution in [3.63, 3.8) is 0 Å². The van der Waals surface area contributed by atoms with Crippen LogP contribution in [0.3, 0.4) is 0 Å². The molecule has 0 aromatic carbocycles. The van der Waals surface area contributed by atoms with Crippen molar-refractivity contribution in [1.29, 1.82) is 0 Å². The number of amides is 1. The molecule has 2 aliphatic rings. The van der Waals surface area contributed by atoms with Crippen LogP contribution in [0.4, 0.5) is 0 Å². The first-order valence-electron chi connectivity index (χ1n) is 5.45. The van der Waals surface area contributed by atoms with Crippen molar-refractivity contribution in [2.24, 2.45) is 0 Å². The maximum atomic E-state index is 11.6. The highest BCUT2D eigenvalue weighted by atomic mass is 16.2. The van der Waals surface area contributed by atoms with Gasteiger partial charge >= 0.3 is 0 Å². The second-order valence-electron chi connectivity index (χ2n) is 4.28. The van der Waals surface area contributed by atoms with Gasteiger partial charge in [0.25, 0.3) is 0 Å². The first-order chi connectivity index (χ1) is 7.15. The maximum absolute atomic E-state index is 11.6. The monoisotopic (exact) mass is 208 g/mol. The van der Waals surface area contributed by atoms with E-state index in [1.807, 2.05) is 6.92 Å². The van der Waals surface area contributed by atoms with Gasteiger partial charge in [0.15, 0.2) is 5.78 Å². The number of hydrogen-bond acceptors (Lipinski definition) is 3. The molecule has 4 heteroatoms. The van der Waals surface area contributed by atoms with Gasteiger partial charge in [-0.3, -0.25) is 9.59 Å². The third-order valence-electron chi connectivity index (χ3n) is 2.69. The number of nitrogens with one attached hydrogen (secondary N) is 2. The average molecular weight is 208 g/mol. The molecule has 2 rings (SSSR count). The number of rotatable bonds is 4. The van der Waals surface area contributed by atoms with Gasteiger partial charge in [0, 0.05) is 24.2 Å². The van der Waals surface area contributed by atoms with E-state index in [2.05, 4.69) is 10.6 Å². The van der Waals surface area contributed by atoms with E-state index in [1.54, 1.807) is 6.08 Å². The Morgan fingerprint density at radius 3 is 2.73 bits per heavy atom. The van der Waals surface area contributed by atoms with Crippen LogP contribution >= 0.6 is 0 Å². The van der Waals surface area contributed by atoms with Crippen molar-refractivity contribution in [3.8, 4) is 0 Å². The zero-order chi connectivity index (χ0) is 10.8. The first-order valence-corrected chi connectivity index (χ1v) is 5.45. The summed E-state index contributed by atoms with van der Waals surface area (Å²) in [6.07, 6.45) is 5.10. The zero-order valence-electron chi connectivity index (χ0n) is 8.88. The molecule has 2 N–H and O–H groups in total. The van der Waals surface area contributed by atoms with Crippen LogP contribution in [0.15, 0.2) is 11.8 Å². The third-order valence-corrected chi connectivity index (χ3v) is 2.69. The minimum atomic E-state index is -0.247. The van der Waals surface area contributed by atoms with E-state index in [9.17, 15) is 9.59 Å². The van der Waals surface area contributed by atoms with Crippen LogP contribution in [0.5, 0.6) is 0 Å². The van der Waals surface area contributed by atoms with Gasteiger partial charge in [-0.15, -0.1) is 0 Å². The van der Waals surface area contributed by atoms with Gasteiger partial charge in [0.05, 0.1) is 0 Å². The highest BCUT2D eigenvalue weighted by Gasteiger charge is 2.26. The van der Waals surface area contributed by atoms with Gasteiger partial charge in [0.2, 0.25) is 5.91 Å². The maximum Gasteiger partial charge on any atom is 0.242 e. The predicted molar refractivity (Wildman–Crippen MR) is 56.1 cm³/mol. The van der Waals surface area contributed by atoms with E-state index in [-0.39, 0.29) is 17.7 Å². The average Bonchev–Trinajstić information content (AvgIpc) is 2.90. The molecule has 0 aliphatic heterocycles. The Hall–Kier alpha value is -1.32. The van der Waals surface area contributed by atoms with Gasteiger partial charge in [-0.1, -0.05) is 0 Å². The lowest BCUT2D eigenvalue weighted by atomic mass is 10.2. The van der Waals surface area contributed by atoms with Gasteiger partial charge in [0.1, 0.15) is 6.04 Å². The quantitative estimate of drug-likeness (QED) is 0.707. The van der Waals surface area contributed by atoms with Crippen molar-refractivity contribution in [2.75, 3.05) is 0 Å². The second kappa shape index (κ2) is 4.04. The topological polar surface area (TPSA) is 58.2 Å². The SMILES string of the molecule is CC(NC1=CC(=O)CC1)C(=O)NC1CC1. The molecule has 4 nitrogen and oxygen atoms in total. The Morgan fingerprint density at radius 2 is 2.20 bits per heavy atom. The minimum absolute atomic E-state index is 0.0257. The lowest BCUT2D eigenvalue weighted by molar-refractivity contribution is -0.122. The van der Waals surface area contributed by atoms with Crippen molar-refractivity contribution in [3.05, 3.63) is 11.8 Å². The fourth-order valence-electron chi connectivity index (χ4n) is 1.61. The van der Waals surface area contributed by atoms with Crippen molar-refractivity contribution in [2.45, 2.75) is 44.7 Å². The smallest absolute Gasteiger partial charge is 0.242 e. The molecule has 2 aliphatic carbocycles. The summed E-state index contributed by atoms with van der Waals surface area (Å²) in [5.74, 6) is 0.171. The first kappa shape index (κ1) is 10.2. The number of allylic oxidation sites excluding steroid dienone is 2. The molecule has 0 heterocycles. The molecular formula is C11H16N2O2. The molecular weight excluding hydrogens is 192 g/mol. The van der Waals surface area contributed by atoms with E-state index in [0.717, 1.165) is 25.0 Å². The van der Waals surface area contributed by atoms with Gasteiger partial charge in [-0.05, 0) is 26.2 Å². The molecule has 0 bridgehead atoms. The predicted octanol–water partition coefficient (Wildman–Crippen LogP) is 0.490. The van der Waals surface area contributed by atoms with Crippen molar-refractivity contribution in [1.82, 2.24) is 10.6 Å². The van der Waals surface area contributed by atoms with Crippen LogP contribution in [0.2, 0.25) is 0 Å². The number of carbonyl (C=O) groups excluding carboxylic acids is 2. The number of carbonyl (C=O) groups is 2. The summed E-state index contributed by atoms with van der Waals surface area (Å²) in [6, 6.07) is 0.142. The van der Waals surface area contributed by atoms with E-state index < -0.39 is 0 Å². The normalized spacial score (nSPS) is 22.2. The zero-order valence-corrected chi connectivity index (χ0v) is 8.88. The molecule has 82 valence electrons. The molecule has 1 fully saturated rings. The molecule has 1 unspecified atom stereocenters. The van der Waals surface area contributed by atoms with Crippen LogP contribution in [0.25, 0.3) is 0 Å². The van der Waals surface area contributed by atoms with Crippen LogP contribution in [-0.2, 0) is 9.59 Å². The summed E-state index contributed by atoms with van der Waals surface area (Å²) >= 11 is 0. The van der Waals surface area contributed by atoms with Crippen molar-refractivity contribution >= 4 is 11.7 Å². The molecule has 0 radical (unpaired) electrons. The second-order valence-corrected chi connectivity index (χ2v) is 4.28. The summed E-state index contributed by atoms with van der Waals surface area (Å²) in [5.41, 5.74) is 0.887. The highest BCUT2D eigenvalue weighted by molar-refractivity contribution is 5.93. The van der Waals surface area contributed by atoms with E-state index in [1.165, 1.54) is 0 Å². The lowest BCUT2D eigenvalue weighted by Crippen LogP contribution is -2.42. The highest BCUT2D eigenvalue weighted by Crippen LogP contribution is 2.19. The fraction of sp³-hybridized carbons (Fsp3) is 0.636. The minimum Gasteiger partial charge on any atom is -0.377 e. The standard InChI is InChI=1S/C11H16N2O2/c1-7(11(15)13-8-2-3-8)12-9-4-5-10(14)6-9/h6-8,12H,2-5H2,1H3,(H,13,15). The Balaban J connectivity index is 1.80. The van der Waals surface area contributed by atoms with Crippen LogP contribution < -0.4 is 10.6 Å². The molecule has 1 amide bonds. The number of ketones is 1. The van der Waals surface area contributed by atoms with Crippen LogP contribution in [0.1, 0.15) is 32.6 Å². The molecule has 0 aromatic rings. The Bertz CT molecular complexity index is 319. The molecule has 0 saturated heterocycles. The van der Waals surface area contributed by atoms with E-state index >= 15 is 0 Å². The fourth-order valence-corrected chi connectivity index (χ4v) is 1.61. The third kappa shape index (κ3) is 2.81. The summed E-state index contributed by atoms with van der Waals surface area (Å²) in [5, 5.41) is 6.00. The summed E-state index contributed by atoms with van der Waals surface area (Å²) in [7, 11) is 0. The largest absolute Gasteiger partial charge is 0.377 e. The molecule has 15 heavy (non-hydrogen) atoms. The Labute approximate surface area is 89.1 Å². The van der Waals surface area contributed by atoms with Crippen LogP contribution in [0, 0.1) is 0 Å². The lowest BCUT2D eigenvalue weighted by Gasteiger charge is -2.15. The molecule has 1 saturated carbocycles. The van der Waals surface area contributed by atoms with Crippen molar-refractivity contribution < 1.29 is 9.59 Å². The summed E-state index contributed by atoms with van der Waals surface area (Å²) < 4.78 is 0. The molecule has 0 spiro atoms. The van der Waals surface area contributed by atoms with E-state index in [0.29, 0.717) is 12.5 Å². The number of hydrogen-bond donors (Lipinski definition) is 2. The molecule has 1 atom stereocenters. The summed E-state index contributed by atoms with van der Waals surface area (Å²) in [6.45, 7) is 1.82. The van der Waals surface area contributed by atoms with Gasteiger partial charge in [-0.2, -0.15) is 0 Å². The Kier molecular flexibility index (Phi) is 2.75. The van der Waals surface area contributed by atoms with Gasteiger partial charge in [-0.25, -0.2) is 0 Å². The van der Waals surface area contributed by atoms with Gasteiger partial charge < -0.3 is 10.6 Å². The Morgan fingerprint density at radius 1 is 1.47 bits per heavy atom. The van der Waals surface area contributed by atoms with Crippen LogP contribution in [-0.4, -0.2) is 23.8 Å². The molecule has 0 aromatic heterocycles. The van der Waals surface area contributed by atoms with E-state index in [4.69, 9.17) is 0 Å². The summed E-state index contributed by atoms with van der Waals surface area (Å²) in [4.78, 5) is 22.6.